The zero-order chi connectivity index (χ0) is 11.4. The molecule has 0 radical (unpaired) electrons. The maximum absolute atomic E-state index is 11.4. The number of β-amino-alcohol motifs (C(OH)–C–C–N with tert-alkyl or cyclic N) is 1. The van der Waals surface area contributed by atoms with E-state index >= 15 is 0 Å². The number of likely N-dealkylation sites (tertiary alicyclic amines) is 1. The lowest BCUT2D eigenvalue weighted by molar-refractivity contribution is -0.127. The molecule has 4 nitrogen and oxygen atoms in total. The van der Waals surface area contributed by atoms with Crippen LogP contribution in [0.15, 0.2) is 30.3 Å². The first-order valence-corrected chi connectivity index (χ1v) is 5.50. The Labute approximate surface area is 94.9 Å². The van der Waals surface area contributed by atoms with Crippen molar-refractivity contribution >= 4 is 11.6 Å². The van der Waals surface area contributed by atoms with Crippen LogP contribution >= 0.6 is 0 Å². The Morgan fingerprint density at radius 3 is 2.75 bits per heavy atom. The van der Waals surface area contributed by atoms with Gasteiger partial charge in [0.1, 0.15) is 0 Å². The normalized spacial score (nSPS) is 20.2. The Balaban J connectivity index is 1.74. The average Bonchev–Trinajstić information content (AvgIpc) is 2.59. The van der Waals surface area contributed by atoms with Gasteiger partial charge in [0.15, 0.2) is 0 Å². The van der Waals surface area contributed by atoms with Crippen molar-refractivity contribution in [3.8, 4) is 0 Å². The van der Waals surface area contributed by atoms with E-state index in [4.69, 9.17) is 0 Å². The summed E-state index contributed by atoms with van der Waals surface area (Å²) in [4.78, 5) is 13.1. The molecule has 86 valence electrons. The molecular formula is C12H16N2O2. The number of para-hydroxylation sites is 1. The number of nitrogens with zero attached hydrogens (tertiary/aromatic N) is 1. The van der Waals surface area contributed by atoms with Crippen molar-refractivity contribution in [2.45, 2.75) is 12.5 Å². The SMILES string of the molecule is O=C1CC(O)CN1CCNc1ccccc1. The highest BCUT2D eigenvalue weighted by atomic mass is 16.3. The summed E-state index contributed by atoms with van der Waals surface area (Å²) in [6, 6.07) is 9.87. The Morgan fingerprint density at radius 1 is 1.38 bits per heavy atom. The maximum atomic E-state index is 11.4. The van der Waals surface area contributed by atoms with E-state index in [0.717, 1.165) is 5.69 Å². The minimum Gasteiger partial charge on any atom is -0.391 e. The van der Waals surface area contributed by atoms with Gasteiger partial charge in [-0.1, -0.05) is 18.2 Å². The van der Waals surface area contributed by atoms with Gasteiger partial charge in [0.05, 0.1) is 12.5 Å². The molecule has 16 heavy (non-hydrogen) atoms. The second-order valence-corrected chi connectivity index (χ2v) is 3.99. The van der Waals surface area contributed by atoms with E-state index in [9.17, 15) is 9.90 Å². The molecule has 0 saturated carbocycles. The minimum absolute atomic E-state index is 0.0439. The lowest BCUT2D eigenvalue weighted by Gasteiger charge is -2.16. The van der Waals surface area contributed by atoms with Crippen LogP contribution in [0.1, 0.15) is 6.42 Å². The highest BCUT2D eigenvalue weighted by molar-refractivity contribution is 5.79. The smallest absolute Gasteiger partial charge is 0.225 e. The standard InChI is InChI=1S/C12H16N2O2/c15-11-8-12(16)14(9-11)7-6-13-10-4-2-1-3-5-10/h1-5,11,13,15H,6-9H2. The summed E-state index contributed by atoms with van der Waals surface area (Å²) >= 11 is 0. The van der Waals surface area contributed by atoms with E-state index in [-0.39, 0.29) is 12.3 Å². The van der Waals surface area contributed by atoms with E-state index in [0.29, 0.717) is 19.6 Å². The van der Waals surface area contributed by atoms with Gasteiger partial charge < -0.3 is 15.3 Å². The van der Waals surface area contributed by atoms with Crippen LogP contribution in [-0.2, 0) is 4.79 Å². The fraction of sp³-hybridized carbons (Fsp3) is 0.417. The lowest BCUT2D eigenvalue weighted by Crippen LogP contribution is -2.30. The molecule has 2 N–H and O–H groups in total. The summed E-state index contributed by atoms with van der Waals surface area (Å²) in [5.74, 6) is 0.0439. The van der Waals surface area contributed by atoms with Crippen LogP contribution < -0.4 is 5.32 Å². The van der Waals surface area contributed by atoms with Gasteiger partial charge in [0.2, 0.25) is 5.91 Å². The van der Waals surface area contributed by atoms with Gasteiger partial charge in [-0.25, -0.2) is 0 Å². The van der Waals surface area contributed by atoms with E-state index in [1.165, 1.54) is 0 Å². The number of hydrogen-bond acceptors (Lipinski definition) is 3. The number of amides is 1. The van der Waals surface area contributed by atoms with Crippen molar-refractivity contribution in [2.75, 3.05) is 25.0 Å². The third-order valence-corrected chi connectivity index (χ3v) is 2.68. The third-order valence-electron chi connectivity index (χ3n) is 2.68. The van der Waals surface area contributed by atoms with E-state index in [1.54, 1.807) is 4.90 Å². The number of carbonyl (C=O) groups excluding carboxylic acids is 1. The zero-order valence-corrected chi connectivity index (χ0v) is 9.10. The van der Waals surface area contributed by atoms with Crippen LogP contribution in [0.3, 0.4) is 0 Å². The first-order valence-electron chi connectivity index (χ1n) is 5.50. The maximum Gasteiger partial charge on any atom is 0.225 e. The highest BCUT2D eigenvalue weighted by Gasteiger charge is 2.26. The van der Waals surface area contributed by atoms with Crippen LogP contribution in [0.5, 0.6) is 0 Å². The predicted molar refractivity (Wildman–Crippen MR) is 62.1 cm³/mol. The van der Waals surface area contributed by atoms with Gasteiger partial charge in [-0.05, 0) is 12.1 Å². The molecule has 1 aromatic rings. The zero-order valence-electron chi connectivity index (χ0n) is 9.10. The summed E-state index contributed by atoms with van der Waals surface area (Å²) < 4.78 is 0. The number of nitrogens with one attached hydrogen (secondary N) is 1. The van der Waals surface area contributed by atoms with Crippen molar-refractivity contribution in [2.24, 2.45) is 0 Å². The van der Waals surface area contributed by atoms with Crippen molar-refractivity contribution in [1.82, 2.24) is 4.90 Å². The van der Waals surface area contributed by atoms with Gasteiger partial charge in [0.25, 0.3) is 0 Å². The second kappa shape index (κ2) is 4.99. The number of aliphatic hydroxyl groups is 1. The first kappa shape index (κ1) is 11.0. The number of anilines is 1. The minimum atomic E-state index is -0.482. The molecule has 1 heterocycles. The van der Waals surface area contributed by atoms with Gasteiger partial charge in [-0.3, -0.25) is 4.79 Å². The van der Waals surface area contributed by atoms with Crippen LogP contribution in [0.4, 0.5) is 5.69 Å². The Hall–Kier alpha value is -1.55. The monoisotopic (exact) mass is 220 g/mol. The quantitative estimate of drug-likeness (QED) is 0.785. The summed E-state index contributed by atoms with van der Waals surface area (Å²) in [7, 11) is 0. The number of hydrogen-bond donors (Lipinski definition) is 2. The molecule has 1 aliphatic heterocycles. The fourth-order valence-corrected chi connectivity index (χ4v) is 1.86. The fourth-order valence-electron chi connectivity index (χ4n) is 1.86. The van der Waals surface area contributed by atoms with Gasteiger partial charge in [0, 0.05) is 25.3 Å². The molecule has 1 saturated heterocycles. The summed E-state index contributed by atoms with van der Waals surface area (Å²) in [6.45, 7) is 1.82. The molecule has 0 aliphatic carbocycles. The molecule has 1 fully saturated rings. The number of benzene rings is 1. The van der Waals surface area contributed by atoms with Crippen LogP contribution in [0, 0.1) is 0 Å². The number of aliphatic hydroxyl groups excluding tert-OH is 1. The molecule has 2 rings (SSSR count). The second-order valence-electron chi connectivity index (χ2n) is 3.99. The molecule has 0 bridgehead atoms. The summed E-state index contributed by atoms with van der Waals surface area (Å²) in [5.41, 5.74) is 1.05. The molecule has 0 spiro atoms. The molecule has 1 amide bonds. The van der Waals surface area contributed by atoms with Crippen LogP contribution in [0.25, 0.3) is 0 Å². The summed E-state index contributed by atoms with van der Waals surface area (Å²) in [5, 5.41) is 12.5. The van der Waals surface area contributed by atoms with Crippen LogP contribution in [0.2, 0.25) is 0 Å². The number of rotatable bonds is 4. The van der Waals surface area contributed by atoms with Crippen molar-refractivity contribution in [3.05, 3.63) is 30.3 Å². The third kappa shape index (κ3) is 2.73. The molecule has 1 aliphatic rings. The van der Waals surface area contributed by atoms with E-state index in [1.807, 2.05) is 30.3 Å². The van der Waals surface area contributed by atoms with Crippen LogP contribution in [-0.4, -0.2) is 41.7 Å². The largest absolute Gasteiger partial charge is 0.391 e. The topological polar surface area (TPSA) is 52.6 Å². The van der Waals surface area contributed by atoms with Gasteiger partial charge >= 0.3 is 0 Å². The molecule has 1 atom stereocenters. The van der Waals surface area contributed by atoms with Gasteiger partial charge in [-0.15, -0.1) is 0 Å². The van der Waals surface area contributed by atoms with Crippen molar-refractivity contribution in [3.63, 3.8) is 0 Å². The molecule has 1 unspecified atom stereocenters. The average molecular weight is 220 g/mol. The van der Waals surface area contributed by atoms with E-state index < -0.39 is 6.10 Å². The predicted octanol–water partition coefficient (Wildman–Crippen LogP) is 0.692. The van der Waals surface area contributed by atoms with Gasteiger partial charge in [-0.2, -0.15) is 0 Å². The summed E-state index contributed by atoms with van der Waals surface area (Å²) in [6.07, 6.45) is -0.213. The van der Waals surface area contributed by atoms with Crippen molar-refractivity contribution < 1.29 is 9.90 Å². The molecule has 4 heteroatoms. The van der Waals surface area contributed by atoms with E-state index in [2.05, 4.69) is 5.32 Å². The lowest BCUT2D eigenvalue weighted by atomic mass is 10.3. The first-order chi connectivity index (χ1) is 7.75. The Bertz CT molecular complexity index is 353. The Morgan fingerprint density at radius 2 is 2.12 bits per heavy atom. The Kier molecular flexibility index (Phi) is 3.41. The molecule has 0 aromatic heterocycles. The molecule has 1 aromatic carbocycles. The van der Waals surface area contributed by atoms with Crippen molar-refractivity contribution in [1.29, 1.82) is 0 Å². The molecular weight excluding hydrogens is 204 g/mol. The number of carbonyl (C=O) groups is 1. The highest BCUT2D eigenvalue weighted by Crippen LogP contribution is 2.10.